The fourth-order valence-corrected chi connectivity index (χ4v) is 2.48. The maximum absolute atomic E-state index is 12.2. The van der Waals surface area contributed by atoms with Crippen molar-refractivity contribution in [2.24, 2.45) is 0 Å². The summed E-state index contributed by atoms with van der Waals surface area (Å²) >= 11 is 0. The molecule has 130 valence electrons. The molecule has 2 aromatic carbocycles. The van der Waals surface area contributed by atoms with Gasteiger partial charge in [-0.05, 0) is 43.3 Å². The lowest BCUT2D eigenvalue weighted by molar-refractivity contribution is 0.102. The highest BCUT2D eigenvalue weighted by Crippen LogP contribution is 2.34. The normalized spacial score (nSPS) is 11.9. The molecule has 0 unspecified atom stereocenters. The summed E-state index contributed by atoms with van der Waals surface area (Å²) in [6, 6.07) is 16.3. The number of anilines is 3. The lowest BCUT2D eigenvalue weighted by Crippen LogP contribution is -2.13. The van der Waals surface area contributed by atoms with Crippen molar-refractivity contribution in [2.45, 2.75) is 6.92 Å². The van der Waals surface area contributed by atoms with E-state index in [1.165, 1.54) is 0 Å². The number of benzene rings is 2. The average molecular weight is 348 g/mol. The molecule has 1 aromatic heterocycles. The topological polar surface area (TPSA) is 85.4 Å². The molecule has 0 radical (unpaired) electrons. The first-order valence-corrected chi connectivity index (χ1v) is 8.06. The molecule has 0 bridgehead atoms. The van der Waals surface area contributed by atoms with E-state index < -0.39 is 0 Å². The minimum atomic E-state index is -0.226. The van der Waals surface area contributed by atoms with Crippen LogP contribution in [-0.2, 0) is 0 Å². The highest BCUT2D eigenvalue weighted by molar-refractivity contribution is 6.03. The number of carbonyl (C=O) groups excluding carboxylic acids is 1. The molecule has 0 fully saturated rings. The van der Waals surface area contributed by atoms with E-state index in [0.717, 1.165) is 17.0 Å². The molecule has 4 rings (SSSR count). The van der Waals surface area contributed by atoms with Gasteiger partial charge in [-0.25, -0.2) is 0 Å². The summed E-state index contributed by atoms with van der Waals surface area (Å²) in [6.07, 6.45) is 0. The maximum Gasteiger partial charge on any atom is 0.256 e. The van der Waals surface area contributed by atoms with Gasteiger partial charge in [0, 0.05) is 17.3 Å². The number of hydrogen-bond donors (Lipinski definition) is 2. The predicted molar refractivity (Wildman–Crippen MR) is 97.0 cm³/mol. The second-order valence-corrected chi connectivity index (χ2v) is 5.82. The highest BCUT2D eigenvalue weighted by atomic mass is 16.7. The van der Waals surface area contributed by atoms with Gasteiger partial charge in [-0.1, -0.05) is 17.7 Å². The van der Waals surface area contributed by atoms with Crippen LogP contribution >= 0.6 is 0 Å². The Morgan fingerprint density at radius 1 is 0.923 bits per heavy atom. The number of fused-ring (bicyclic) bond motifs is 1. The third-order valence-corrected chi connectivity index (χ3v) is 3.86. The van der Waals surface area contributed by atoms with Crippen LogP contribution in [0.5, 0.6) is 11.5 Å². The second kappa shape index (κ2) is 6.72. The van der Waals surface area contributed by atoms with Crippen LogP contribution in [0.4, 0.5) is 17.3 Å². The molecule has 3 aromatic rings. The molecule has 7 nitrogen and oxygen atoms in total. The molecule has 26 heavy (non-hydrogen) atoms. The summed E-state index contributed by atoms with van der Waals surface area (Å²) in [7, 11) is 0. The third kappa shape index (κ3) is 3.41. The van der Waals surface area contributed by atoms with Crippen LogP contribution in [0.25, 0.3) is 0 Å². The molecule has 7 heteroatoms. The fourth-order valence-electron chi connectivity index (χ4n) is 2.48. The smallest absolute Gasteiger partial charge is 0.256 e. The zero-order chi connectivity index (χ0) is 17.9. The molecule has 0 atom stereocenters. The van der Waals surface area contributed by atoms with Crippen molar-refractivity contribution < 1.29 is 14.3 Å². The van der Waals surface area contributed by atoms with Gasteiger partial charge in [0.1, 0.15) is 0 Å². The maximum atomic E-state index is 12.2. The van der Waals surface area contributed by atoms with E-state index in [9.17, 15) is 4.79 Å². The molecular formula is C19H16N4O3. The second-order valence-electron chi connectivity index (χ2n) is 5.82. The summed E-state index contributed by atoms with van der Waals surface area (Å²) in [4.78, 5) is 12.2. The number of aromatic nitrogens is 2. The van der Waals surface area contributed by atoms with Crippen molar-refractivity contribution in [3.63, 3.8) is 0 Å². The quantitative estimate of drug-likeness (QED) is 0.750. The SMILES string of the molecule is Cc1ccc(C(=O)Nc2ccc(Nc3ccc4c(c3)OCO4)nn2)cc1. The van der Waals surface area contributed by atoms with Crippen molar-refractivity contribution in [1.29, 1.82) is 0 Å². The molecule has 0 spiro atoms. The highest BCUT2D eigenvalue weighted by Gasteiger charge is 2.13. The van der Waals surface area contributed by atoms with Crippen molar-refractivity contribution in [3.8, 4) is 11.5 Å². The van der Waals surface area contributed by atoms with Crippen LogP contribution in [0.1, 0.15) is 15.9 Å². The number of ether oxygens (including phenoxy) is 2. The van der Waals surface area contributed by atoms with Crippen LogP contribution in [-0.4, -0.2) is 22.9 Å². The molecule has 0 saturated carbocycles. The van der Waals surface area contributed by atoms with Crippen LogP contribution in [0.15, 0.2) is 54.6 Å². The Bertz CT molecular complexity index is 940. The Kier molecular flexibility index (Phi) is 4.10. The Balaban J connectivity index is 1.42. The van der Waals surface area contributed by atoms with E-state index in [0.29, 0.717) is 22.9 Å². The Morgan fingerprint density at radius 3 is 2.42 bits per heavy atom. The molecule has 2 heterocycles. The van der Waals surface area contributed by atoms with E-state index in [-0.39, 0.29) is 12.7 Å². The summed E-state index contributed by atoms with van der Waals surface area (Å²) in [6.45, 7) is 2.20. The molecule has 0 saturated heterocycles. The summed E-state index contributed by atoms with van der Waals surface area (Å²) in [5.41, 5.74) is 2.47. The molecule has 0 aliphatic carbocycles. The lowest BCUT2D eigenvalue weighted by atomic mass is 10.1. The van der Waals surface area contributed by atoms with Gasteiger partial charge in [-0.2, -0.15) is 0 Å². The Labute approximate surface area is 150 Å². The predicted octanol–water partition coefficient (Wildman–Crippen LogP) is 3.51. The van der Waals surface area contributed by atoms with Crippen molar-refractivity contribution in [3.05, 3.63) is 65.7 Å². The van der Waals surface area contributed by atoms with Crippen LogP contribution in [0.2, 0.25) is 0 Å². The third-order valence-electron chi connectivity index (χ3n) is 3.86. The van der Waals surface area contributed by atoms with Gasteiger partial charge in [-0.3, -0.25) is 4.79 Å². The molecule has 2 N–H and O–H groups in total. The fraction of sp³-hybridized carbons (Fsp3) is 0.105. The van der Waals surface area contributed by atoms with Crippen molar-refractivity contribution in [2.75, 3.05) is 17.4 Å². The van der Waals surface area contributed by atoms with E-state index in [2.05, 4.69) is 20.8 Å². The van der Waals surface area contributed by atoms with Gasteiger partial charge in [0.2, 0.25) is 6.79 Å². The number of carbonyl (C=O) groups is 1. The minimum absolute atomic E-state index is 0.226. The standard InChI is InChI=1S/C19H16N4O3/c1-12-2-4-13(5-3-12)19(24)21-18-9-8-17(22-23-18)20-14-6-7-15-16(10-14)26-11-25-15/h2-10H,11H2,1H3,(H,20,22)(H,21,23,24). The summed E-state index contributed by atoms with van der Waals surface area (Å²) in [5, 5.41) is 14.0. The van der Waals surface area contributed by atoms with E-state index in [4.69, 9.17) is 9.47 Å². The first-order chi connectivity index (χ1) is 12.7. The molecule has 1 aliphatic heterocycles. The Hall–Kier alpha value is -3.61. The largest absolute Gasteiger partial charge is 0.454 e. The number of rotatable bonds is 4. The van der Waals surface area contributed by atoms with Gasteiger partial charge in [0.25, 0.3) is 5.91 Å². The van der Waals surface area contributed by atoms with Crippen molar-refractivity contribution >= 4 is 23.2 Å². The van der Waals surface area contributed by atoms with Crippen molar-refractivity contribution in [1.82, 2.24) is 10.2 Å². The number of amides is 1. The minimum Gasteiger partial charge on any atom is -0.454 e. The zero-order valence-corrected chi connectivity index (χ0v) is 14.0. The van der Waals surface area contributed by atoms with Gasteiger partial charge >= 0.3 is 0 Å². The van der Waals surface area contributed by atoms with Gasteiger partial charge in [0.05, 0.1) is 0 Å². The van der Waals surface area contributed by atoms with Gasteiger partial charge in [-0.15, -0.1) is 10.2 Å². The first-order valence-electron chi connectivity index (χ1n) is 8.06. The average Bonchev–Trinajstić information content (AvgIpc) is 3.12. The molecule has 1 amide bonds. The Morgan fingerprint density at radius 2 is 1.65 bits per heavy atom. The van der Waals surface area contributed by atoms with Gasteiger partial charge < -0.3 is 20.1 Å². The summed E-state index contributed by atoms with van der Waals surface area (Å²) < 4.78 is 10.6. The van der Waals surface area contributed by atoms with Gasteiger partial charge in [0.15, 0.2) is 23.1 Å². The number of nitrogens with one attached hydrogen (secondary N) is 2. The summed E-state index contributed by atoms with van der Waals surface area (Å²) in [5.74, 6) is 2.11. The van der Waals surface area contributed by atoms with Crippen LogP contribution in [0, 0.1) is 6.92 Å². The van der Waals surface area contributed by atoms with Crippen LogP contribution in [0.3, 0.4) is 0 Å². The lowest BCUT2D eigenvalue weighted by Gasteiger charge is -2.07. The molecular weight excluding hydrogens is 332 g/mol. The monoisotopic (exact) mass is 348 g/mol. The number of hydrogen-bond acceptors (Lipinski definition) is 6. The van der Waals surface area contributed by atoms with Crippen LogP contribution < -0.4 is 20.1 Å². The zero-order valence-electron chi connectivity index (χ0n) is 14.0. The van der Waals surface area contributed by atoms with E-state index in [1.54, 1.807) is 24.3 Å². The molecule has 1 aliphatic rings. The van der Waals surface area contributed by atoms with E-state index in [1.807, 2.05) is 37.3 Å². The number of aryl methyl sites for hydroxylation is 1. The van der Waals surface area contributed by atoms with E-state index >= 15 is 0 Å². The first kappa shape index (κ1) is 15.9. The number of nitrogens with zero attached hydrogens (tertiary/aromatic N) is 2.